The van der Waals surface area contributed by atoms with Crippen LogP contribution in [0.4, 0.5) is 0 Å². The molecule has 58 valence electrons. The summed E-state index contributed by atoms with van der Waals surface area (Å²) in [5.41, 5.74) is 1.21. The standard InChI is InChI=1S/C8H8BrNO/c9-7-3-1-2-5-6(7)4-10-8(5)11/h1,3,5H,2,4H2,(H,10,11). The molecule has 0 spiro atoms. The Hall–Kier alpha value is -0.570. The number of fused-ring (bicyclic) bond motifs is 1. The van der Waals surface area contributed by atoms with E-state index in [2.05, 4.69) is 21.2 Å². The third-order valence-corrected chi connectivity index (χ3v) is 2.91. The van der Waals surface area contributed by atoms with E-state index >= 15 is 0 Å². The van der Waals surface area contributed by atoms with Crippen molar-refractivity contribution >= 4 is 21.8 Å². The van der Waals surface area contributed by atoms with Crippen LogP contribution in [-0.4, -0.2) is 12.5 Å². The van der Waals surface area contributed by atoms with Crippen molar-refractivity contribution in [3.63, 3.8) is 0 Å². The molecule has 1 N–H and O–H groups in total. The molecule has 0 radical (unpaired) electrons. The van der Waals surface area contributed by atoms with E-state index in [1.165, 1.54) is 5.57 Å². The fraction of sp³-hybridized carbons (Fsp3) is 0.375. The van der Waals surface area contributed by atoms with Gasteiger partial charge in [0.05, 0.1) is 5.92 Å². The Kier molecular flexibility index (Phi) is 1.60. The molecule has 11 heavy (non-hydrogen) atoms. The molecule has 1 heterocycles. The van der Waals surface area contributed by atoms with Gasteiger partial charge in [0.2, 0.25) is 5.91 Å². The number of halogens is 1. The Balaban J connectivity index is 2.39. The summed E-state index contributed by atoms with van der Waals surface area (Å²) in [7, 11) is 0. The molecule has 0 aromatic heterocycles. The van der Waals surface area contributed by atoms with Crippen LogP contribution in [0.1, 0.15) is 6.42 Å². The monoisotopic (exact) mass is 213 g/mol. The van der Waals surface area contributed by atoms with E-state index in [9.17, 15) is 4.79 Å². The van der Waals surface area contributed by atoms with Crippen molar-refractivity contribution in [1.29, 1.82) is 0 Å². The van der Waals surface area contributed by atoms with Gasteiger partial charge in [0.1, 0.15) is 0 Å². The van der Waals surface area contributed by atoms with Crippen molar-refractivity contribution in [2.75, 3.05) is 6.54 Å². The molecule has 2 nitrogen and oxygen atoms in total. The van der Waals surface area contributed by atoms with Crippen molar-refractivity contribution in [1.82, 2.24) is 5.32 Å². The Bertz CT molecular complexity index is 267. The molecular weight excluding hydrogens is 206 g/mol. The highest BCUT2D eigenvalue weighted by atomic mass is 79.9. The van der Waals surface area contributed by atoms with Crippen molar-refractivity contribution in [2.24, 2.45) is 5.92 Å². The molecule has 2 aliphatic rings. The van der Waals surface area contributed by atoms with Gasteiger partial charge in [0.25, 0.3) is 0 Å². The maximum Gasteiger partial charge on any atom is 0.227 e. The molecule has 1 amide bonds. The lowest BCUT2D eigenvalue weighted by Crippen LogP contribution is -2.18. The fourth-order valence-corrected chi connectivity index (χ4v) is 2.11. The van der Waals surface area contributed by atoms with Gasteiger partial charge in [-0.15, -0.1) is 0 Å². The topological polar surface area (TPSA) is 29.1 Å². The van der Waals surface area contributed by atoms with Crippen LogP contribution >= 0.6 is 15.9 Å². The minimum Gasteiger partial charge on any atom is -0.352 e. The Morgan fingerprint density at radius 2 is 2.45 bits per heavy atom. The normalized spacial score (nSPS) is 28.8. The van der Waals surface area contributed by atoms with E-state index in [0.717, 1.165) is 10.9 Å². The summed E-state index contributed by atoms with van der Waals surface area (Å²) in [6.07, 6.45) is 4.91. The zero-order valence-corrected chi connectivity index (χ0v) is 7.52. The van der Waals surface area contributed by atoms with Crippen LogP contribution < -0.4 is 5.32 Å². The van der Waals surface area contributed by atoms with Crippen LogP contribution in [0, 0.1) is 5.92 Å². The van der Waals surface area contributed by atoms with Crippen LogP contribution in [0.5, 0.6) is 0 Å². The predicted molar refractivity (Wildman–Crippen MR) is 46.2 cm³/mol. The summed E-state index contributed by atoms with van der Waals surface area (Å²) >= 11 is 3.42. The van der Waals surface area contributed by atoms with Crippen molar-refractivity contribution in [3.8, 4) is 0 Å². The molecule has 1 aliphatic heterocycles. The van der Waals surface area contributed by atoms with Crippen LogP contribution in [0.25, 0.3) is 0 Å². The summed E-state index contributed by atoms with van der Waals surface area (Å²) < 4.78 is 1.08. The molecule has 0 bridgehead atoms. The fourth-order valence-electron chi connectivity index (χ4n) is 1.50. The van der Waals surface area contributed by atoms with Gasteiger partial charge in [-0.1, -0.05) is 28.1 Å². The van der Waals surface area contributed by atoms with E-state index in [-0.39, 0.29) is 11.8 Å². The number of hydrogen-bond acceptors (Lipinski definition) is 1. The number of allylic oxidation sites excluding steroid dienone is 3. The highest BCUT2D eigenvalue weighted by molar-refractivity contribution is 9.11. The maximum atomic E-state index is 11.2. The SMILES string of the molecule is O=C1NCC2=C(Br)C=CCC12. The number of carbonyl (C=O) groups excluding carboxylic acids is 1. The molecule has 1 fully saturated rings. The molecule has 1 saturated heterocycles. The number of carbonyl (C=O) groups is 1. The lowest BCUT2D eigenvalue weighted by molar-refractivity contribution is -0.121. The molecule has 2 rings (SSSR count). The number of amides is 1. The lowest BCUT2D eigenvalue weighted by atomic mass is 9.94. The first-order valence-electron chi connectivity index (χ1n) is 3.62. The minimum atomic E-state index is 0.106. The van der Waals surface area contributed by atoms with Gasteiger partial charge in [-0.3, -0.25) is 4.79 Å². The summed E-state index contributed by atoms with van der Waals surface area (Å²) in [6, 6.07) is 0. The van der Waals surface area contributed by atoms with Crippen LogP contribution in [0.3, 0.4) is 0 Å². The zero-order valence-electron chi connectivity index (χ0n) is 5.93. The zero-order chi connectivity index (χ0) is 7.84. The van der Waals surface area contributed by atoms with Gasteiger partial charge < -0.3 is 5.32 Å². The second kappa shape index (κ2) is 2.48. The Morgan fingerprint density at radius 3 is 3.18 bits per heavy atom. The van der Waals surface area contributed by atoms with E-state index in [1.54, 1.807) is 0 Å². The predicted octanol–water partition coefficient (Wildman–Crippen LogP) is 1.34. The minimum absolute atomic E-state index is 0.106. The average Bonchev–Trinajstić information content (AvgIpc) is 2.35. The first-order valence-corrected chi connectivity index (χ1v) is 4.41. The number of rotatable bonds is 0. The molecular formula is C8H8BrNO. The molecule has 0 aromatic rings. The highest BCUT2D eigenvalue weighted by Crippen LogP contribution is 2.31. The van der Waals surface area contributed by atoms with Gasteiger partial charge in [-0.2, -0.15) is 0 Å². The molecule has 1 aliphatic carbocycles. The molecule has 0 aromatic carbocycles. The van der Waals surface area contributed by atoms with Gasteiger partial charge >= 0.3 is 0 Å². The van der Waals surface area contributed by atoms with E-state index in [1.807, 2.05) is 12.2 Å². The van der Waals surface area contributed by atoms with Crippen molar-refractivity contribution < 1.29 is 4.79 Å². The first-order chi connectivity index (χ1) is 5.29. The summed E-state index contributed by atoms with van der Waals surface area (Å²) in [6.45, 7) is 0.717. The second-order valence-electron chi connectivity index (χ2n) is 2.78. The molecule has 0 saturated carbocycles. The number of hydrogen-bond donors (Lipinski definition) is 1. The first kappa shape index (κ1) is 7.10. The van der Waals surface area contributed by atoms with E-state index in [0.29, 0.717) is 6.54 Å². The van der Waals surface area contributed by atoms with Crippen LogP contribution in [0.15, 0.2) is 22.2 Å². The lowest BCUT2D eigenvalue weighted by Gasteiger charge is -2.11. The summed E-state index contributed by atoms with van der Waals surface area (Å²) in [4.78, 5) is 11.2. The van der Waals surface area contributed by atoms with Crippen LogP contribution in [0.2, 0.25) is 0 Å². The second-order valence-corrected chi connectivity index (χ2v) is 3.64. The summed E-state index contributed by atoms with van der Waals surface area (Å²) in [5, 5.41) is 2.83. The van der Waals surface area contributed by atoms with E-state index < -0.39 is 0 Å². The Morgan fingerprint density at radius 1 is 1.64 bits per heavy atom. The van der Waals surface area contributed by atoms with Gasteiger partial charge in [-0.25, -0.2) is 0 Å². The van der Waals surface area contributed by atoms with Crippen molar-refractivity contribution in [2.45, 2.75) is 6.42 Å². The number of nitrogens with one attached hydrogen (secondary N) is 1. The van der Waals surface area contributed by atoms with Gasteiger partial charge in [-0.05, 0) is 12.0 Å². The maximum absolute atomic E-state index is 11.2. The van der Waals surface area contributed by atoms with E-state index in [4.69, 9.17) is 0 Å². The van der Waals surface area contributed by atoms with Gasteiger partial charge in [0, 0.05) is 11.0 Å². The average molecular weight is 214 g/mol. The Labute approximate surface area is 73.5 Å². The van der Waals surface area contributed by atoms with Crippen LogP contribution in [-0.2, 0) is 4.79 Å². The highest BCUT2D eigenvalue weighted by Gasteiger charge is 2.31. The van der Waals surface area contributed by atoms with Gasteiger partial charge in [0.15, 0.2) is 0 Å². The quantitative estimate of drug-likeness (QED) is 0.647. The third-order valence-electron chi connectivity index (χ3n) is 2.13. The molecule has 1 unspecified atom stereocenters. The molecule has 3 heteroatoms. The largest absolute Gasteiger partial charge is 0.352 e. The summed E-state index contributed by atoms with van der Waals surface area (Å²) in [5.74, 6) is 0.274. The smallest absolute Gasteiger partial charge is 0.227 e. The van der Waals surface area contributed by atoms with Crippen molar-refractivity contribution in [3.05, 3.63) is 22.2 Å². The molecule has 1 atom stereocenters. The third kappa shape index (κ3) is 1.03.